The van der Waals surface area contributed by atoms with Gasteiger partial charge in [0, 0.05) is 19.7 Å². The summed E-state index contributed by atoms with van der Waals surface area (Å²) in [6, 6.07) is -0.0621. The van der Waals surface area contributed by atoms with Crippen molar-refractivity contribution in [3.8, 4) is 0 Å². The number of nitrogens with one attached hydrogen (secondary N) is 1. The van der Waals surface area contributed by atoms with Crippen molar-refractivity contribution in [2.75, 3.05) is 26.2 Å². The first kappa shape index (κ1) is 15.8. The van der Waals surface area contributed by atoms with Gasteiger partial charge < -0.3 is 10.4 Å². The predicted octanol–water partition coefficient (Wildman–Crippen LogP) is 1.78. The zero-order chi connectivity index (χ0) is 14.4. The monoisotopic (exact) mass is 282 g/mol. The summed E-state index contributed by atoms with van der Waals surface area (Å²) in [4.78, 5) is 14.5. The van der Waals surface area contributed by atoms with Gasteiger partial charge in [0.1, 0.15) is 0 Å². The molecule has 2 atom stereocenters. The standard InChI is InChI=1S/C16H30N2O2/c1-13(18-9-5-8-15(11-18)12-19)16(20)17-10-14-6-3-2-4-7-14/h13-15,19H,2-12H2,1H3,(H,17,20). The van der Waals surface area contributed by atoms with E-state index in [1.807, 2.05) is 6.92 Å². The topological polar surface area (TPSA) is 52.6 Å². The highest BCUT2D eigenvalue weighted by Gasteiger charge is 2.27. The maximum absolute atomic E-state index is 12.3. The molecule has 2 aliphatic rings. The van der Waals surface area contributed by atoms with Gasteiger partial charge in [-0.05, 0) is 51.0 Å². The largest absolute Gasteiger partial charge is 0.396 e. The van der Waals surface area contributed by atoms with Crippen LogP contribution in [0.5, 0.6) is 0 Å². The normalized spacial score (nSPS) is 27.2. The summed E-state index contributed by atoms with van der Waals surface area (Å²) in [6.45, 7) is 4.92. The Morgan fingerprint density at radius 1 is 1.20 bits per heavy atom. The molecule has 0 bridgehead atoms. The number of aliphatic hydroxyl groups excluding tert-OH is 1. The zero-order valence-electron chi connectivity index (χ0n) is 12.8. The predicted molar refractivity (Wildman–Crippen MR) is 80.4 cm³/mol. The number of nitrogens with zero attached hydrogens (tertiary/aromatic N) is 1. The van der Waals surface area contributed by atoms with E-state index in [-0.39, 0.29) is 18.6 Å². The Morgan fingerprint density at radius 2 is 1.90 bits per heavy atom. The van der Waals surface area contributed by atoms with E-state index in [2.05, 4.69) is 10.2 Å². The lowest BCUT2D eigenvalue weighted by Gasteiger charge is -2.35. The molecule has 1 aliphatic heterocycles. The fraction of sp³-hybridized carbons (Fsp3) is 0.938. The molecular formula is C16H30N2O2. The minimum Gasteiger partial charge on any atom is -0.396 e. The third-order valence-electron chi connectivity index (χ3n) is 5.03. The Labute approximate surface area is 122 Å². The quantitative estimate of drug-likeness (QED) is 0.808. The molecule has 0 spiro atoms. The summed E-state index contributed by atoms with van der Waals surface area (Å²) >= 11 is 0. The van der Waals surface area contributed by atoms with E-state index in [0.29, 0.717) is 11.8 Å². The molecule has 4 heteroatoms. The van der Waals surface area contributed by atoms with Crippen LogP contribution in [0.2, 0.25) is 0 Å². The average molecular weight is 282 g/mol. The SMILES string of the molecule is CC(C(=O)NCC1CCCCC1)N1CCCC(CO)C1. The minimum atomic E-state index is -0.0621. The molecule has 0 aromatic carbocycles. The van der Waals surface area contributed by atoms with Gasteiger partial charge >= 0.3 is 0 Å². The number of hydrogen-bond donors (Lipinski definition) is 2. The first-order valence-corrected chi connectivity index (χ1v) is 8.33. The van der Waals surface area contributed by atoms with Crippen molar-refractivity contribution < 1.29 is 9.90 Å². The van der Waals surface area contributed by atoms with E-state index in [4.69, 9.17) is 0 Å². The van der Waals surface area contributed by atoms with Crippen molar-refractivity contribution in [2.45, 2.75) is 57.9 Å². The smallest absolute Gasteiger partial charge is 0.237 e. The van der Waals surface area contributed by atoms with Crippen molar-refractivity contribution >= 4 is 5.91 Å². The molecule has 1 saturated heterocycles. The van der Waals surface area contributed by atoms with Gasteiger partial charge in [-0.25, -0.2) is 0 Å². The van der Waals surface area contributed by atoms with Crippen LogP contribution in [0, 0.1) is 11.8 Å². The number of likely N-dealkylation sites (tertiary alicyclic amines) is 1. The molecule has 1 amide bonds. The molecule has 0 radical (unpaired) electrons. The first-order chi connectivity index (χ1) is 9.70. The van der Waals surface area contributed by atoms with Gasteiger partial charge in [-0.3, -0.25) is 9.69 Å². The average Bonchev–Trinajstić information content (AvgIpc) is 2.53. The van der Waals surface area contributed by atoms with Crippen molar-refractivity contribution in [2.24, 2.45) is 11.8 Å². The van der Waals surface area contributed by atoms with E-state index in [1.54, 1.807) is 0 Å². The molecule has 2 fully saturated rings. The van der Waals surface area contributed by atoms with E-state index in [0.717, 1.165) is 32.5 Å². The van der Waals surface area contributed by atoms with Crippen LogP contribution >= 0.6 is 0 Å². The van der Waals surface area contributed by atoms with Crippen molar-refractivity contribution in [3.05, 3.63) is 0 Å². The van der Waals surface area contributed by atoms with Crippen LogP contribution < -0.4 is 5.32 Å². The molecule has 4 nitrogen and oxygen atoms in total. The third kappa shape index (κ3) is 4.45. The third-order valence-corrected chi connectivity index (χ3v) is 5.03. The molecule has 2 N–H and O–H groups in total. The maximum atomic E-state index is 12.3. The minimum absolute atomic E-state index is 0.0621. The Balaban J connectivity index is 1.73. The van der Waals surface area contributed by atoms with Crippen LogP contribution in [0.4, 0.5) is 0 Å². The van der Waals surface area contributed by atoms with E-state index in [1.165, 1.54) is 32.1 Å². The number of carbonyl (C=O) groups is 1. The maximum Gasteiger partial charge on any atom is 0.237 e. The van der Waals surface area contributed by atoms with Gasteiger partial charge in [0.2, 0.25) is 5.91 Å². The van der Waals surface area contributed by atoms with E-state index >= 15 is 0 Å². The number of hydrogen-bond acceptors (Lipinski definition) is 3. The number of piperidine rings is 1. The van der Waals surface area contributed by atoms with Crippen LogP contribution in [-0.4, -0.2) is 48.2 Å². The van der Waals surface area contributed by atoms with Gasteiger partial charge in [0.25, 0.3) is 0 Å². The second-order valence-corrected chi connectivity index (χ2v) is 6.61. The summed E-state index contributed by atoms with van der Waals surface area (Å²) in [7, 11) is 0. The zero-order valence-corrected chi connectivity index (χ0v) is 12.8. The molecule has 1 saturated carbocycles. The van der Waals surface area contributed by atoms with Crippen LogP contribution in [0.1, 0.15) is 51.9 Å². The van der Waals surface area contributed by atoms with Gasteiger partial charge in [0.05, 0.1) is 6.04 Å². The van der Waals surface area contributed by atoms with Gasteiger partial charge in [0.15, 0.2) is 0 Å². The van der Waals surface area contributed by atoms with Crippen molar-refractivity contribution in [1.29, 1.82) is 0 Å². The number of aliphatic hydroxyl groups is 1. The Bertz CT molecular complexity index is 303. The second-order valence-electron chi connectivity index (χ2n) is 6.61. The number of amides is 1. The van der Waals surface area contributed by atoms with Gasteiger partial charge in [-0.1, -0.05) is 19.3 Å². The highest BCUT2D eigenvalue weighted by molar-refractivity contribution is 5.81. The Morgan fingerprint density at radius 3 is 2.60 bits per heavy atom. The summed E-state index contributed by atoms with van der Waals surface area (Å²) in [6.07, 6.45) is 8.71. The lowest BCUT2D eigenvalue weighted by molar-refractivity contribution is -0.127. The van der Waals surface area contributed by atoms with Crippen LogP contribution in [0.15, 0.2) is 0 Å². The number of rotatable bonds is 5. The van der Waals surface area contributed by atoms with E-state index in [9.17, 15) is 9.90 Å². The van der Waals surface area contributed by atoms with Crippen molar-refractivity contribution in [1.82, 2.24) is 10.2 Å². The second kappa shape index (κ2) is 7.99. The fourth-order valence-corrected chi connectivity index (χ4v) is 3.55. The van der Waals surface area contributed by atoms with Gasteiger partial charge in [-0.15, -0.1) is 0 Å². The fourth-order valence-electron chi connectivity index (χ4n) is 3.55. The first-order valence-electron chi connectivity index (χ1n) is 8.33. The lowest BCUT2D eigenvalue weighted by atomic mass is 9.89. The highest BCUT2D eigenvalue weighted by Crippen LogP contribution is 2.23. The molecule has 116 valence electrons. The van der Waals surface area contributed by atoms with Gasteiger partial charge in [-0.2, -0.15) is 0 Å². The highest BCUT2D eigenvalue weighted by atomic mass is 16.3. The van der Waals surface area contributed by atoms with E-state index < -0.39 is 0 Å². The molecule has 20 heavy (non-hydrogen) atoms. The molecule has 1 heterocycles. The lowest BCUT2D eigenvalue weighted by Crippen LogP contribution is -2.50. The Hall–Kier alpha value is -0.610. The summed E-state index contributed by atoms with van der Waals surface area (Å²) in [5.74, 6) is 1.19. The molecule has 0 aromatic heterocycles. The van der Waals surface area contributed by atoms with Crippen LogP contribution in [0.25, 0.3) is 0 Å². The summed E-state index contributed by atoms with van der Waals surface area (Å²) < 4.78 is 0. The molecule has 2 rings (SSSR count). The molecule has 0 aromatic rings. The Kier molecular flexibility index (Phi) is 6.30. The molecular weight excluding hydrogens is 252 g/mol. The van der Waals surface area contributed by atoms with Crippen LogP contribution in [-0.2, 0) is 4.79 Å². The molecule has 1 aliphatic carbocycles. The summed E-state index contributed by atoms with van der Waals surface area (Å²) in [5.41, 5.74) is 0. The number of carbonyl (C=O) groups excluding carboxylic acids is 1. The molecule has 2 unspecified atom stereocenters. The summed E-state index contributed by atoms with van der Waals surface area (Å²) in [5, 5.41) is 12.4. The van der Waals surface area contributed by atoms with Crippen LogP contribution in [0.3, 0.4) is 0 Å². The van der Waals surface area contributed by atoms with Crippen molar-refractivity contribution in [3.63, 3.8) is 0 Å².